The zero-order chi connectivity index (χ0) is 20.3. The van der Waals surface area contributed by atoms with Crippen molar-refractivity contribution in [1.29, 1.82) is 0 Å². The highest BCUT2D eigenvalue weighted by atomic mass is 16.1. The number of rotatable bonds is 3. The van der Waals surface area contributed by atoms with Crippen molar-refractivity contribution in [3.8, 4) is 11.8 Å². The first kappa shape index (κ1) is 18.0. The lowest BCUT2D eigenvalue weighted by atomic mass is 10.0. The van der Waals surface area contributed by atoms with Crippen molar-refractivity contribution in [2.24, 2.45) is 0 Å². The van der Waals surface area contributed by atoms with Crippen LogP contribution in [0, 0.1) is 11.8 Å². The fraction of sp³-hybridized carbons (Fsp3) is 0.0769. The van der Waals surface area contributed by atoms with Crippen LogP contribution in [0.3, 0.4) is 0 Å². The van der Waals surface area contributed by atoms with Gasteiger partial charge >= 0.3 is 0 Å². The normalized spacial score (nSPS) is 10.8. The maximum absolute atomic E-state index is 13.0. The molecule has 0 aliphatic rings. The molecule has 4 heteroatoms. The number of benzene rings is 3. The lowest BCUT2D eigenvalue weighted by molar-refractivity contribution is 1.14. The molecule has 2 aromatic heterocycles. The summed E-state index contributed by atoms with van der Waals surface area (Å²) in [6.07, 6.45) is 4.75. The first-order valence-electron chi connectivity index (χ1n) is 9.85. The fourth-order valence-corrected chi connectivity index (χ4v) is 3.63. The Kier molecular flexibility index (Phi) is 4.63. The Morgan fingerprint density at radius 3 is 2.67 bits per heavy atom. The van der Waals surface area contributed by atoms with E-state index in [4.69, 9.17) is 0 Å². The molecule has 5 aromatic rings. The highest BCUT2D eigenvalue weighted by Gasteiger charge is 2.06. The van der Waals surface area contributed by atoms with Crippen LogP contribution in [-0.4, -0.2) is 15.0 Å². The van der Waals surface area contributed by atoms with Crippen molar-refractivity contribution >= 4 is 21.9 Å². The molecule has 0 aliphatic carbocycles. The number of hydrogen-bond donors (Lipinski definition) is 2. The van der Waals surface area contributed by atoms with Crippen LogP contribution in [0.5, 0.6) is 0 Å². The van der Waals surface area contributed by atoms with Gasteiger partial charge in [-0.15, -0.1) is 0 Å². The van der Waals surface area contributed by atoms with Gasteiger partial charge in [-0.2, -0.15) is 0 Å². The highest BCUT2D eigenvalue weighted by molar-refractivity contribution is 5.80. The van der Waals surface area contributed by atoms with Gasteiger partial charge in [0.15, 0.2) is 5.43 Å². The van der Waals surface area contributed by atoms with Gasteiger partial charge in [-0.05, 0) is 41.5 Å². The quantitative estimate of drug-likeness (QED) is 0.444. The second-order valence-corrected chi connectivity index (χ2v) is 7.30. The van der Waals surface area contributed by atoms with Gasteiger partial charge < -0.3 is 9.97 Å². The van der Waals surface area contributed by atoms with Crippen LogP contribution in [0.1, 0.15) is 22.3 Å². The van der Waals surface area contributed by atoms with Gasteiger partial charge in [0.1, 0.15) is 0 Å². The maximum Gasteiger partial charge on any atom is 0.192 e. The van der Waals surface area contributed by atoms with Gasteiger partial charge in [0, 0.05) is 41.1 Å². The minimum Gasteiger partial charge on any atom is -0.361 e. The molecule has 0 bridgehead atoms. The largest absolute Gasteiger partial charge is 0.361 e. The van der Waals surface area contributed by atoms with Crippen molar-refractivity contribution < 1.29 is 0 Å². The Morgan fingerprint density at radius 1 is 0.867 bits per heavy atom. The summed E-state index contributed by atoms with van der Waals surface area (Å²) in [5.74, 6) is 6.41. The maximum atomic E-state index is 13.0. The SMILES string of the molecule is O=c1c(Cc2ccccc2)c[nH]c2ccc(C#CCc3ccc4nc[nH]c4c3)cc12. The standard InChI is InChI=1S/C26H19N3O/c30-26-21(13-18-5-2-1-3-6-18)16-27-23-11-9-19(14-22(23)26)7-4-8-20-10-12-24-25(15-20)29-17-28-24/h1-3,5-6,9-12,14-17H,8,13H2,(H,27,30)(H,28,29). The molecule has 0 amide bonds. The van der Waals surface area contributed by atoms with Crippen molar-refractivity contribution in [1.82, 2.24) is 15.0 Å². The average Bonchev–Trinajstić information content (AvgIpc) is 3.25. The number of pyridine rings is 1. The molecular formula is C26H19N3O. The van der Waals surface area contributed by atoms with Crippen LogP contribution in [0.2, 0.25) is 0 Å². The van der Waals surface area contributed by atoms with E-state index < -0.39 is 0 Å². The fourth-order valence-electron chi connectivity index (χ4n) is 3.63. The predicted molar refractivity (Wildman–Crippen MR) is 120 cm³/mol. The molecule has 4 nitrogen and oxygen atoms in total. The Bertz CT molecular complexity index is 1470. The molecule has 0 atom stereocenters. The molecule has 2 N–H and O–H groups in total. The molecule has 3 aromatic carbocycles. The second kappa shape index (κ2) is 7.73. The molecule has 0 unspecified atom stereocenters. The zero-order valence-electron chi connectivity index (χ0n) is 16.3. The second-order valence-electron chi connectivity index (χ2n) is 7.30. The van der Waals surface area contributed by atoms with Crippen LogP contribution in [0.25, 0.3) is 21.9 Å². The van der Waals surface area contributed by atoms with E-state index in [9.17, 15) is 4.79 Å². The van der Waals surface area contributed by atoms with E-state index >= 15 is 0 Å². The van der Waals surface area contributed by atoms with E-state index in [1.165, 1.54) is 0 Å². The molecule has 0 saturated heterocycles. The van der Waals surface area contributed by atoms with Gasteiger partial charge in [0.2, 0.25) is 0 Å². The minimum atomic E-state index is 0.0564. The molecule has 2 heterocycles. The number of nitrogens with zero attached hydrogens (tertiary/aromatic N) is 1. The number of fused-ring (bicyclic) bond motifs is 2. The number of nitrogens with one attached hydrogen (secondary N) is 2. The minimum absolute atomic E-state index is 0.0564. The summed E-state index contributed by atoms with van der Waals surface area (Å²) in [6, 6.07) is 21.9. The third kappa shape index (κ3) is 3.61. The third-order valence-corrected chi connectivity index (χ3v) is 5.21. The van der Waals surface area contributed by atoms with E-state index in [1.807, 2.05) is 66.9 Å². The summed E-state index contributed by atoms with van der Waals surface area (Å²) < 4.78 is 0. The Morgan fingerprint density at radius 2 is 1.77 bits per heavy atom. The summed E-state index contributed by atoms with van der Waals surface area (Å²) in [6.45, 7) is 0. The molecule has 5 rings (SSSR count). The van der Waals surface area contributed by atoms with Crippen molar-refractivity contribution in [3.05, 3.63) is 112 Å². The summed E-state index contributed by atoms with van der Waals surface area (Å²) in [4.78, 5) is 23.6. The van der Waals surface area contributed by atoms with Crippen LogP contribution < -0.4 is 5.43 Å². The lowest BCUT2D eigenvalue weighted by Crippen LogP contribution is -2.10. The smallest absolute Gasteiger partial charge is 0.192 e. The van der Waals surface area contributed by atoms with Crippen molar-refractivity contribution in [2.75, 3.05) is 0 Å². The van der Waals surface area contributed by atoms with Gasteiger partial charge in [-0.3, -0.25) is 4.79 Å². The predicted octanol–water partition coefficient (Wildman–Crippen LogP) is 4.59. The van der Waals surface area contributed by atoms with Crippen LogP contribution in [0.15, 0.2) is 84.0 Å². The van der Waals surface area contributed by atoms with Gasteiger partial charge in [-0.1, -0.05) is 48.2 Å². The topological polar surface area (TPSA) is 61.5 Å². The summed E-state index contributed by atoms with van der Waals surface area (Å²) in [7, 11) is 0. The number of imidazole rings is 1. The summed E-state index contributed by atoms with van der Waals surface area (Å²) in [5.41, 5.74) is 6.69. The zero-order valence-corrected chi connectivity index (χ0v) is 16.3. The third-order valence-electron chi connectivity index (χ3n) is 5.21. The Labute approximate surface area is 173 Å². The van der Waals surface area contributed by atoms with E-state index in [1.54, 1.807) is 6.33 Å². The first-order valence-corrected chi connectivity index (χ1v) is 9.85. The van der Waals surface area contributed by atoms with Gasteiger partial charge in [0.05, 0.1) is 17.4 Å². The molecule has 0 spiro atoms. The number of aromatic nitrogens is 3. The molecule has 0 radical (unpaired) electrons. The first-order chi connectivity index (χ1) is 14.8. The van der Waals surface area contributed by atoms with E-state index in [0.717, 1.165) is 38.8 Å². The molecule has 0 aliphatic heterocycles. The number of H-pyrrole nitrogens is 2. The van der Waals surface area contributed by atoms with Crippen molar-refractivity contribution in [2.45, 2.75) is 12.8 Å². The molecule has 30 heavy (non-hydrogen) atoms. The highest BCUT2D eigenvalue weighted by Crippen LogP contribution is 2.14. The monoisotopic (exact) mass is 389 g/mol. The summed E-state index contributed by atoms with van der Waals surface area (Å²) in [5, 5.41) is 0.675. The van der Waals surface area contributed by atoms with Crippen LogP contribution in [0.4, 0.5) is 0 Å². The van der Waals surface area contributed by atoms with E-state index in [0.29, 0.717) is 18.2 Å². The molecule has 144 valence electrons. The number of hydrogen-bond acceptors (Lipinski definition) is 2. The van der Waals surface area contributed by atoms with Crippen molar-refractivity contribution in [3.63, 3.8) is 0 Å². The molecule has 0 fully saturated rings. The molecule has 0 saturated carbocycles. The van der Waals surface area contributed by atoms with Gasteiger partial charge in [0.25, 0.3) is 0 Å². The van der Waals surface area contributed by atoms with Crippen LogP contribution in [-0.2, 0) is 12.8 Å². The molecular weight excluding hydrogens is 370 g/mol. The Balaban J connectivity index is 1.42. The summed E-state index contributed by atoms with van der Waals surface area (Å²) >= 11 is 0. The number of aromatic amines is 2. The Hall–Kier alpha value is -4.10. The van der Waals surface area contributed by atoms with Crippen LogP contribution >= 0.6 is 0 Å². The van der Waals surface area contributed by atoms with E-state index in [-0.39, 0.29) is 5.43 Å². The van der Waals surface area contributed by atoms with E-state index in [2.05, 4.69) is 32.9 Å². The lowest BCUT2D eigenvalue weighted by Gasteiger charge is -2.04. The average molecular weight is 389 g/mol. The van der Waals surface area contributed by atoms with Gasteiger partial charge in [-0.25, -0.2) is 4.98 Å².